The number of Topliss-reactive ketones (excluding diaryl/α,β-unsaturated/α-hetero) is 2. The molecule has 4 heteroatoms. The molecule has 0 aliphatic heterocycles. The van der Waals surface area contributed by atoms with Crippen LogP contribution in [0, 0.1) is 23.7 Å². The number of unbranched alkanes of at least 4 members (excludes halogenated alkanes) is 4. The van der Waals surface area contributed by atoms with Gasteiger partial charge in [0, 0.05) is 31.6 Å². The summed E-state index contributed by atoms with van der Waals surface area (Å²) in [6.45, 7) is 2.20. The maximum Gasteiger partial charge on any atom is 0.305 e. The number of ether oxygens (including phenoxy) is 1. The zero-order chi connectivity index (χ0) is 20.4. The molecule has 2 rings (SSSR count). The van der Waals surface area contributed by atoms with Crippen molar-refractivity contribution in [3.8, 4) is 0 Å². The molecule has 0 aromatic carbocycles. The average molecular weight is 389 g/mol. The van der Waals surface area contributed by atoms with Gasteiger partial charge in [-0.1, -0.05) is 44.1 Å². The maximum absolute atomic E-state index is 12.6. The predicted molar refractivity (Wildman–Crippen MR) is 111 cm³/mol. The van der Waals surface area contributed by atoms with E-state index in [0.29, 0.717) is 43.2 Å². The van der Waals surface area contributed by atoms with E-state index in [0.717, 1.165) is 25.7 Å². The standard InChI is InChI=1S/C24H36O4/c1-3-4-5-6-9-12-18-15-20(25)16-19-17-22(26)21(24(18)19)13-10-7-8-11-14-23(27)28-2/h7,9-10,12,18-19,21,24H,3-6,8,11,13-17H2,1-2H3/b10-7-,12-9+/t18-,19-,21?,24?/m1/s1. The highest BCUT2D eigenvalue weighted by Gasteiger charge is 2.48. The van der Waals surface area contributed by atoms with Gasteiger partial charge in [-0.05, 0) is 49.9 Å². The molecule has 156 valence electrons. The monoisotopic (exact) mass is 388 g/mol. The quantitative estimate of drug-likeness (QED) is 0.277. The van der Waals surface area contributed by atoms with Gasteiger partial charge in [-0.2, -0.15) is 0 Å². The second-order valence-electron chi connectivity index (χ2n) is 8.32. The predicted octanol–water partition coefficient (Wildman–Crippen LogP) is 5.21. The summed E-state index contributed by atoms with van der Waals surface area (Å²) in [5.74, 6) is 1.27. The third-order valence-electron chi connectivity index (χ3n) is 6.23. The lowest BCUT2D eigenvalue weighted by Gasteiger charge is -2.34. The fraction of sp³-hybridized carbons (Fsp3) is 0.708. The Morgan fingerprint density at radius 2 is 1.82 bits per heavy atom. The Morgan fingerprint density at radius 3 is 2.57 bits per heavy atom. The maximum atomic E-state index is 12.6. The van der Waals surface area contributed by atoms with Crippen LogP contribution < -0.4 is 0 Å². The van der Waals surface area contributed by atoms with Crippen LogP contribution in [0.5, 0.6) is 0 Å². The van der Waals surface area contributed by atoms with E-state index in [1.165, 1.54) is 26.4 Å². The van der Waals surface area contributed by atoms with E-state index in [9.17, 15) is 14.4 Å². The number of allylic oxidation sites excluding steroid dienone is 4. The number of hydrogen-bond acceptors (Lipinski definition) is 4. The number of carbonyl (C=O) groups is 3. The van der Waals surface area contributed by atoms with Gasteiger partial charge in [-0.15, -0.1) is 0 Å². The van der Waals surface area contributed by atoms with Crippen LogP contribution in [-0.2, 0) is 19.1 Å². The zero-order valence-electron chi connectivity index (χ0n) is 17.5. The molecule has 0 radical (unpaired) electrons. The molecule has 0 heterocycles. The van der Waals surface area contributed by atoms with Crippen LogP contribution in [0.25, 0.3) is 0 Å². The van der Waals surface area contributed by atoms with Gasteiger partial charge in [0.25, 0.3) is 0 Å². The fourth-order valence-corrected chi connectivity index (χ4v) is 4.82. The molecule has 0 bridgehead atoms. The zero-order valence-corrected chi connectivity index (χ0v) is 17.5. The lowest BCUT2D eigenvalue weighted by molar-refractivity contribution is -0.140. The summed E-state index contributed by atoms with van der Waals surface area (Å²) < 4.78 is 4.64. The molecule has 2 fully saturated rings. The number of ketones is 2. The summed E-state index contributed by atoms with van der Waals surface area (Å²) >= 11 is 0. The van der Waals surface area contributed by atoms with Gasteiger partial charge in [-0.3, -0.25) is 14.4 Å². The number of fused-ring (bicyclic) bond motifs is 1. The normalized spacial score (nSPS) is 27.6. The Morgan fingerprint density at radius 1 is 1.04 bits per heavy atom. The molecule has 0 amide bonds. The van der Waals surface area contributed by atoms with Gasteiger partial charge < -0.3 is 4.74 Å². The lowest BCUT2D eigenvalue weighted by Crippen LogP contribution is -2.32. The molecule has 0 aromatic rings. The van der Waals surface area contributed by atoms with Crippen LogP contribution in [0.15, 0.2) is 24.3 Å². The Hall–Kier alpha value is -1.71. The van der Waals surface area contributed by atoms with E-state index in [2.05, 4.69) is 36.0 Å². The third kappa shape index (κ3) is 6.72. The first kappa shape index (κ1) is 22.6. The molecular weight excluding hydrogens is 352 g/mol. The van der Waals surface area contributed by atoms with Crippen LogP contribution in [0.4, 0.5) is 0 Å². The molecule has 2 aliphatic rings. The molecule has 4 atom stereocenters. The smallest absolute Gasteiger partial charge is 0.305 e. The number of hydrogen-bond donors (Lipinski definition) is 0. The topological polar surface area (TPSA) is 60.4 Å². The molecule has 4 nitrogen and oxygen atoms in total. The van der Waals surface area contributed by atoms with Crippen molar-refractivity contribution >= 4 is 17.5 Å². The third-order valence-corrected chi connectivity index (χ3v) is 6.23. The van der Waals surface area contributed by atoms with E-state index in [1.54, 1.807) is 0 Å². The highest BCUT2D eigenvalue weighted by molar-refractivity contribution is 5.88. The van der Waals surface area contributed by atoms with Crippen LogP contribution in [-0.4, -0.2) is 24.6 Å². The summed E-state index contributed by atoms with van der Waals surface area (Å²) in [5, 5.41) is 0. The number of esters is 1. The van der Waals surface area contributed by atoms with Crippen molar-refractivity contribution in [1.29, 1.82) is 0 Å². The lowest BCUT2D eigenvalue weighted by atomic mass is 9.69. The van der Waals surface area contributed by atoms with Crippen molar-refractivity contribution in [2.75, 3.05) is 7.11 Å². The molecule has 0 spiro atoms. The van der Waals surface area contributed by atoms with Gasteiger partial charge in [0.1, 0.15) is 11.6 Å². The minimum atomic E-state index is -0.178. The Labute approximate surface area is 169 Å². The van der Waals surface area contributed by atoms with Crippen molar-refractivity contribution in [3.63, 3.8) is 0 Å². The average Bonchev–Trinajstić information content (AvgIpc) is 2.98. The van der Waals surface area contributed by atoms with Gasteiger partial charge in [0.05, 0.1) is 7.11 Å². The molecule has 2 unspecified atom stereocenters. The second-order valence-corrected chi connectivity index (χ2v) is 8.32. The Bertz CT molecular complexity index is 589. The van der Waals surface area contributed by atoms with Crippen molar-refractivity contribution in [2.45, 2.75) is 77.6 Å². The minimum Gasteiger partial charge on any atom is -0.469 e. The molecule has 2 saturated carbocycles. The van der Waals surface area contributed by atoms with Gasteiger partial charge >= 0.3 is 5.97 Å². The van der Waals surface area contributed by atoms with E-state index in [1.807, 2.05) is 0 Å². The first-order chi connectivity index (χ1) is 13.6. The van der Waals surface area contributed by atoms with Crippen LogP contribution in [0.2, 0.25) is 0 Å². The van der Waals surface area contributed by atoms with Gasteiger partial charge in [0.2, 0.25) is 0 Å². The van der Waals surface area contributed by atoms with E-state index in [4.69, 9.17) is 0 Å². The van der Waals surface area contributed by atoms with Crippen molar-refractivity contribution < 1.29 is 19.1 Å². The second kappa shape index (κ2) is 12.0. The first-order valence-corrected chi connectivity index (χ1v) is 11.0. The van der Waals surface area contributed by atoms with Crippen LogP contribution in [0.3, 0.4) is 0 Å². The molecule has 0 aromatic heterocycles. The van der Waals surface area contributed by atoms with Gasteiger partial charge in [-0.25, -0.2) is 0 Å². The van der Waals surface area contributed by atoms with E-state index < -0.39 is 0 Å². The van der Waals surface area contributed by atoms with Crippen molar-refractivity contribution in [1.82, 2.24) is 0 Å². The summed E-state index contributed by atoms with van der Waals surface area (Å²) in [7, 11) is 1.41. The number of methoxy groups -OCH3 is 1. The Balaban J connectivity index is 1.90. The fourth-order valence-electron chi connectivity index (χ4n) is 4.82. The molecule has 0 saturated heterocycles. The minimum absolute atomic E-state index is 0.0419. The first-order valence-electron chi connectivity index (χ1n) is 11.0. The Kier molecular flexibility index (Phi) is 9.66. The summed E-state index contributed by atoms with van der Waals surface area (Å²) in [5.41, 5.74) is 0. The van der Waals surface area contributed by atoms with Crippen molar-refractivity contribution in [2.24, 2.45) is 23.7 Å². The van der Waals surface area contributed by atoms with Crippen LogP contribution in [0.1, 0.15) is 77.6 Å². The van der Waals surface area contributed by atoms with Gasteiger partial charge in [0.15, 0.2) is 0 Å². The number of rotatable bonds is 11. The highest BCUT2D eigenvalue weighted by Crippen LogP contribution is 2.48. The summed E-state index contributed by atoms with van der Waals surface area (Å²) in [6, 6.07) is 0. The largest absolute Gasteiger partial charge is 0.469 e. The summed E-state index contributed by atoms with van der Waals surface area (Å²) in [6.07, 6.45) is 17.9. The highest BCUT2D eigenvalue weighted by atomic mass is 16.5. The summed E-state index contributed by atoms with van der Waals surface area (Å²) in [4.78, 5) is 35.9. The molecular formula is C24H36O4. The molecule has 0 N–H and O–H groups in total. The van der Waals surface area contributed by atoms with E-state index in [-0.39, 0.29) is 23.7 Å². The van der Waals surface area contributed by atoms with Crippen molar-refractivity contribution in [3.05, 3.63) is 24.3 Å². The molecule has 28 heavy (non-hydrogen) atoms. The molecule has 2 aliphatic carbocycles. The number of carbonyl (C=O) groups excluding carboxylic acids is 3. The van der Waals surface area contributed by atoms with E-state index >= 15 is 0 Å². The van der Waals surface area contributed by atoms with Crippen LogP contribution >= 0.6 is 0 Å². The SMILES string of the molecule is CCCCC/C=C/[C@@H]1CC(=O)C[C@@H]2CC(=O)C(C/C=C\CCCC(=O)OC)C21.